The lowest BCUT2D eigenvalue weighted by Crippen LogP contribution is -2.28. The summed E-state index contributed by atoms with van der Waals surface area (Å²) >= 11 is 0. The predicted molar refractivity (Wildman–Crippen MR) is 105 cm³/mol. The van der Waals surface area contributed by atoms with Crippen LogP contribution in [-0.4, -0.2) is 42.5 Å². The third-order valence-electron chi connectivity index (χ3n) is 4.18. The Bertz CT molecular complexity index is 1020. The molecule has 0 spiro atoms. The first kappa shape index (κ1) is 19.6. The Morgan fingerprint density at radius 1 is 1.18 bits per heavy atom. The van der Waals surface area contributed by atoms with Crippen molar-refractivity contribution in [2.24, 2.45) is 0 Å². The summed E-state index contributed by atoms with van der Waals surface area (Å²) in [5, 5.41) is 2.79. The minimum atomic E-state index is -3.72. The van der Waals surface area contributed by atoms with Gasteiger partial charge in [0.1, 0.15) is 5.69 Å². The molecule has 0 aliphatic carbocycles. The molecule has 8 nitrogen and oxygen atoms in total. The van der Waals surface area contributed by atoms with Gasteiger partial charge in [-0.1, -0.05) is 18.2 Å². The van der Waals surface area contributed by atoms with Gasteiger partial charge in [0.25, 0.3) is 15.9 Å². The van der Waals surface area contributed by atoms with Crippen LogP contribution >= 0.6 is 0 Å². The fourth-order valence-corrected chi connectivity index (χ4v) is 3.81. The molecule has 0 unspecified atom stereocenters. The van der Waals surface area contributed by atoms with Crippen LogP contribution in [0.3, 0.4) is 0 Å². The molecule has 2 aromatic heterocycles. The summed E-state index contributed by atoms with van der Waals surface area (Å²) in [6.45, 7) is 1.22. The molecule has 1 aromatic carbocycles. The molecule has 3 rings (SSSR count). The summed E-state index contributed by atoms with van der Waals surface area (Å²) in [6, 6.07) is 11.1. The van der Waals surface area contributed by atoms with Crippen LogP contribution in [0, 0.1) is 0 Å². The van der Waals surface area contributed by atoms with E-state index in [1.165, 1.54) is 31.4 Å². The summed E-state index contributed by atoms with van der Waals surface area (Å²) < 4.78 is 28.5. The molecule has 0 radical (unpaired) electrons. The van der Waals surface area contributed by atoms with Crippen molar-refractivity contribution in [2.45, 2.75) is 17.9 Å². The van der Waals surface area contributed by atoms with Gasteiger partial charge in [0.15, 0.2) is 0 Å². The number of nitrogens with one attached hydrogen (secondary N) is 1. The summed E-state index contributed by atoms with van der Waals surface area (Å²) in [6.07, 6.45) is 7.44. The lowest BCUT2D eigenvalue weighted by molar-refractivity contribution is 0.0948. The molecule has 1 N–H and O–H groups in total. The molecule has 146 valence electrons. The van der Waals surface area contributed by atoms with Gasteiger partial charge in [-0.2, -0.15) is 0 Å². The Kier molecular flexibility index (Phi) is 6.05. The second-order valence-corrected chi connectivity index (χ2v) is 8.06. The first-order chi connectivity index (χ1) is 13.5. The topological polar surface area (TPSA) is 97.2 Å². The second kappa shape index (κ2) is 8.66. The highest BCUT2D eigenvalue weighted by atomic mass is 32.2. The fraction of sp³-hybridized carbons (Fsp3) is 0.211. The molecule has 2 heterocycles. The molecule has 0 bridgehead atoms. The molecular formula is C19H21N5O3S. The van der Waals surface area contributed by atoms with Crippen LogP contribution in [0.25, 0.3) is 0 Å². The molecule has 1 amide bonds. The van der Waals surface area contributed by atoms with Crippen molar-refractivity contribution in [1.82, 2.24) is 19.9 Å². The molecular weight excluding hydrogens is 378 g/mol. The molecule has 0 saturated carbocycles. The number of aromatic nitrogens is 3. The third-order valence-corrected chi connectivity index (χ3v) is 5.98. The van der Waals surface area contributed by atoms with Crippen LogP contribution in [0.1, 0.15) is 16.9 Å². The number of nitrogens with zero attached hydrogens (tertiary/aromatic N) is 4. The van der Waals surface area contributed by atoms with E-state index in [1.807, 2.05) is 10.8 Å². The third kappa shape index (κ3) is 4.55. The average Bonchev–Trinajstić information content (AvgIpc) is 3.25. The molecule has 0 atom stereocenters. The Morgan fingerprint density at radius 2 is 1.96 bits per heavy atom. The first-order valence-electron chi connectivity index (χ1n) is 8.72. The van der Waals surface area contributed by atoms with Crippen LogP contribution in [0.2, 0.25) is 0 Å². The molecule has 0 fully saturated rings. The largest absolute Gasteiger partial charge is 0.351 e. The van der Waals surface area contributed by atoms with Crippen LogP contribution in [0.15, 0.2) is 72.3 Å². The van der Waals surface area contributed by atoms with Gasteiger partial charge in [0.2, 0.25) is 0 Å². The number of rotatable bonds is 8. The summed E-state index contributed by atoms with van der Waals surface area (Å²) in [5.74, 6) is -0.349. The zero-order valence-electron chi connectivity index (χ0n) is 15.4. The highest BCUT2D eigenvalue weighted by Gasteiger charge is 2.22. The summed E-state index contributed by atoms with van der Waals surface area (Å²) in [5.41, 5.74) is 0.526. The normalized spacial score (nSPS) is 11.2. The Morgan fingerprint density at radius 3 is 2.68 bits per heavy atom. The number of pyridine rings is 1. The number of hydrogen-bond donors (Lipinski definition) is 1. The Labute approximate surface area is 163 Å². The van der Waals surface area contributed by atoms with Gasteiger partial charge < -0.3 is 9.88 Å². The zero-order chi connectivity index (χ0) is 20.0. The predicted octanol–water partition coefficient (Wildman–Crippen LogP) is 1.92. The lowest BCUT2D eigenvalue weighted by atomic mass is 10.3. The second-order valence-electron chi connectivity index (χ2n) is 6.09. The van der Waals surface area contributed by atoms with Crippen molar-refractivity contribution in [3.63, 3.8) is 0 Å². The number of aryl methyl sites for hydroxylation is 1. The Balaban J connectivity index is 1.65. The number of anilines is 1. The van der Waals surface area contributed by atoms with Crippen molar-refractivity contribution in [1.29, 1.82) is 0 Å². The molecule has 0 aliphatic rings. The van der Waals surface area contributed by atoms with Gasteiger partial charge in [-0.25, -0.2) is 13.4 Å². The summed E-state index contributed by atoms with van der Waals surface area (Å²) in [4.78, 5) is 20.5. The van der Waals surface area contributed by atoms with Crippen LogP contribution in [-0.2, 0) is 16.6 Å². The average molecular weight is 399 g/mol. The van der Waals surface area contributed by atoms with E-state index in [1.54, 1.807) is 36.8 Å². The fourth-order valence-electron chi connectivity index (χ4n) is 2.60. The maximum atomic E-state index is 12.7. The molecule has 9 heteroatoms. The zero-order valence-corrected chi connectivity index (χ0v) is 16.2. The van der Waals surface area contributed by atoms with E-state index in [9.17, 15) is 13.2 Å². The van der Waals surface area contributed by atoms with Crippen molar-refractivity contribution >= 4 is 21.6 Å². The molecule has 0 saturated heterocycles. The SMILES string of the molecule is CN(c1ccnc(C(=O)NCCCn2ccnc2)c1)S(=O)(=O)c1ccccc1. The van der Waals surface area contributed by atoms with Crippen LogP contribution in [0.4, 0.5) is 5.69 Å². The van der Waals surface area contributed by atoms with Gasteiger partial charge in [-0.05, 0) is 30.7 Å². The number of benzene rings is 1. The van der Waals surface area contributed by atoms with E-state index in [2.05, 4.69) is 15.3 Å². The maximum Gasteiger partial charge on any atom is 0.269 e. The molecule has 3 aromatic rings. The number of sulfonamides is 1. The minimum absolute atomic E-state index is 0.162. The van der Waals surface area contributed by atoms with E-state index < -0.39 is 10.0 Å². The number of carbonyl (C=O) groups is 1. The monoisotopic (exact) mass is 399 g/mol. The van der Waals surface area contributed by atoms with Crippen LogP contribution < -0.4 is 9.62 Å². The maximum absolute atomic E-state index is 12.7. The Hall–Kier alpha value is -3.20. The lowest BCUT2D eigenvalue weighted by Gasteiger charge is -2.19. The van der Waals surface area contributed by atoms with Gasteiger partial charge >= 0.3 is 0 Å². The van der Waals surface area contributed by atoms with E-state index in [4.69, 9.17) is 0 Å². The smallest absolute Gasteiger partial charge is 0.269 e. The van der Waals surface area contributed by atoms with E-state index in [0.29, 0.717) is 12.2 Å². The first-order valence-corrected chi connectivity index (χ1v) is 10.2. The van der Waals surface area contributed by atoms with Crippen molar-refractivity contribution in [3.05, 3.63) is 73.1 Å². The van der Waals surface area contributed by atoms with Crippen molar-refractivity contribution in [2.75, 3.05) is 17.9 Å². The van der Waals surface area contributed by atoms with E-state index in [-0.39, 0.29) is 16.5 Å². The van der Waals surface area contributed by atoms with Crippen LogP contribution in [0.5, 0.6) is 0 Å². The van der Waals surface area contributed by atoms with E-state index >= 15 is 0 Å². The molecule has 0 aliphatic heterocycles. The number of carbonyl (C=O) groups excluding carboxylic acids is 1. The van der Waals surface area contributed by atoms with Gasteiger partial charge in [-0.15, -0.1) is 0 Å². The molecule has 28 heavy (non-hydrogen) atoms. The minimum Gasteiger partial charge on any atom is -0.351 e. The highest BCUT2D eigenvalue weighted by Crippen LogP contribution is 2.21. The summed E-state index contributed by atoms with van der Waals surface area (Å²) in [7, 11) is -2.27. The number of imidazole rings is 1. The van der Waals surface area contributed by atoms with Crippen molar-refractivity contribution < 1.29 is 13.2 Å². The quantitative estimate of drug-likeness (QED) is 0.584. The highest BCUT2D eigenvalue weighted by molar-refractivity contribution is 7.92. The van der Waals surface area contributed by atoms with Gasteiger partial charge in [0, 0.05) is 38.7 Å². The van der Waals surface area contributed by atoms with E-state index in [0.717, 1.165) is 17.3 Å². The number of hydrogen-bond acceptors (Lipinski definition) is 5. The van der Waals surface area contributed by atoms with Gasteiger partial charge in [0.05, 0.1) is 16.9 Å². The van der Waals surface area contributed by atoms with Crippen molar-refractivity contribution in [3.8, 4) is 0 Å². The standard InChI is InChI=1S/C19H21N5O3S/c1-23(28(26,27)17-6-3-2-4-7-17)16-8-10-21-18(14-16)19(25)22-9-5-12-24-13-11-20-15-24/h2-4,6-8,10-11,13-15H,5,9,12H2,1H3,(H,22,25). The van der Waals surface area contributed by atoms with Gasteiger partial charge in [-0.3, -0.25) is 14.1 Å². The number of amides is 1.